The molecular formula is C16H15FN2O2. The molecule has 1 aromatic heterocycles. The fourth-order valence-electron chi connectivity index (χ4n) is 1.83. The van der Waals surface area contributed by atoms with Gasteiger partial charge in [0, 0.05) is 19.7 Å². The first-order valence-electron chi connectivity index (χ1n) is 6.44. The number of aromatic nitrogens is 1. The molecule has 0 atom stereocenters. The van der Waals surface area contributed by atoms with Gasteiger partial charge in [-0.05, 0) is 30.3 Å². The van der Waals surface area contributed by atoms with Crippen molar-refractivity contribution in [3.05, 3.63) is 53.6 Å². The van der Waals surface area contributed by atoms with E-state index in [1.807, 2.05) is 0 Å². The maximum absolute atomic E-state index is 13.3. The lowest BCUT2D eigenvalue weighted by molar-refractivity contribution is 0.101. The Morgan fingerprint density at radius 3 is 2.90 bits per heavy atom. The Labute approximate surface area is 122 Å². The third-order valence-corrected chi connectivity index (χ3v) is 2.87. The molecule has 5 heteroatoms. The van der Waals surface area contributed by atoms with Gasteiger partial charge in [-0.1, -0.05) is 11.8 Å². The molecule has 0 aliphatic heterocycles. The molecule has 0 bridgehead atoms. The van der Waals surface area contributed by atoms with Crippen molar-refractivity contribution in [3.8, 4) is 11.8 Å². The Bertz CT molecular complexity index is 711. The Balaban J connectivity index is 2.26. The van der Waals surface area contributed by atoms with E-state index in [0.29, 0.717) is 23.4 Å². The number of carbonyl (C=O) groups excluding carboxylic acids is 1. The summed E-state index contributed by atoms with van der Waals surface area (Å²) in [5, 5.41) is 11.4. The van der Waals surface area contributed by atoms with E-state index in [2.05, 4.69) is 17.2 Å². The molecule has 0 fully saturated rings. The fourth-order valence-corrected chi connectivity index (χ4v) is 1.83. The summed E-state index contributed by atoms with van der Waals surface area (Å²) >= 11 is 0. The molecule has 4 nitrogen and oxygen atoms in total. The maximum Gasteiger partial charge on any atom is 0.272 e. The van der Waals surface area contributed by atoms with Gasteiger partial charge in [0.25, 0.3) is 5.91 Å². The molecule has 21 heavy (non-hydrogen) atoms. The van der Waals surface area contributed by atoms with E-state index in [9.17, 15) is 9.18 Å². The van der Waals surface area contributed by atoms with Crippen LogP contribution in [0, 0.1) is 17.7 Å². The van der Waals surface area contributed by atoms with Gasteiger partial charge < -0.3 is 15.0 Å². The molecule has 1 heterocycles. The fraction of sp³-hybridized carbons (Fsp3) is 0.188. The van der Waals surface area contributed by atoms with Gasteiger partial charge in [0.1, 0.15) is 11.5 Å². The molecule has 2 aromatic rings. The first-order valence-corrected chi connectivity index (χ1v) is 6.44. The number of amides is 1. The highest BCUT2D eigenvalue weighted by atomic mass is 19.1. The molecule has 0 unspecified atom stereocenters. The van der Waals surface area contributed by atoms with Crippen molar-refractivity contribution in [1.82, 2.24) is 4.57 Å². The molecule has 0 saturated carbocycles. The number of anilines is 1. The smallest absolute Gasteiger partial charge is 0.272 e. The number of carbonyl (C=O) groups is 1. The van der Waals surface area contributed by atoms with Crippen LogP contribution in [0.15, 0.2) is 36.5 Å². The summed E-state index contributed by atoms with van der Waals surface area (Å²) in [5.41, 5.74) is 1.31. The summed E-state index contributed by atoms with van der Waals surface area (Å²) in [6, 6.07) is 7.44. The molecule has 1 aromatic carbocycles. The van der Waals surface area contributed by atoms with E-state index in [4.69, 9.17) is 5.11 Å². The summed E-state index contributed by atoms with van der Waals surface area (Å²) in [4.78, 5) is 12.1. The quantitative estimate of drug-likeness (QED) is 0.849. The lowest BCUT2D eigenvalue weighted by Crippen LogP contribution is -2.16. The van der Waals surface area contributed by atoms with Gasteiger partial charge in [0.15, 0.2) is 0 Å². The lowest BCUT2D eigenvalue weighted by atomic mass is 10.1. The summed E-state index contributed by atoms with van der Waals surface area (Å²) in [7, 11) is 1.77. The number of benzene rings is 1. The Hall–Kier alpha value is -2.58. The van der Waals surface area contributed by atoms with Crippen LogP contribution in [0.4, 0.5) is 10.1 Å². The summed E-state index contributed by atoms with van der Waals surface area (Å²) in [6.07, 6.45) is 2.06. The number of nitrogens with one attached hydrogen (secondary N) is 1. The van der Waals surface area contributed by atoms with Crippen LogP contribution in [0.5, 0.6) is 0 Å². The summed E-state index contributed by atoms with van der Waals surface area (Å²) in [6.45, 7) is -0.0621. The second kappa shape index (κ2) is 6.73. The average Bonchev–Trinajstić information content (AvgIpc) is 2.88. The Morgan fingerprint density at radius 1 is 1.43 bits per heavy atom. The SMILES string of the molecule is Cn1cccc1C(=O)Nc1ccc(F)cc1C#CCCO. The largest absolute Gasteiger partial charge is 0.395 e. The van der Waals surface area contributed by atoms with Crippen LogP contribution in [-0.2, 0) is 7.05 Å². The minimum absolute atomic E-state index is 0.0621. The highest BCUT2D eigenvalue weighted by Gasteiger charge is 2.11. The zero-order chi connectivity index (χ0) is 15.2. The molecular weight excluding hydrogens is 271 g/mol. The van der Waals surface area contributed by atoms with Gasteiger partial charge in [-0.2, -0.15) is 0 Å². The van der Waals surface area contributed by atoms with Crippen LogP contribution in [0.3, 0.4) is 0 Å². The topological polar surface area (TPSA) is 54.3 Å². The number of rotatable bonds is 3. The van der Waals surface area contributed by atoms with Crippen molar-refractivity contribution in [1.29, 1.82) is 0 Å². The molecule has 0 aliphatic carbocycles. The van der Waals surface area contributed by atoms with Crippen molar-refractivity contribution in [2.45, 2.75) is 6.42 Å². The third-order valence-electron chi connectivity index (χ3n) is 2.87. The van der Waals surface area contributed by atoms with Crippen LogP contribution in [0.25, 0.3) is 0 Å². The van der Waals surface area contributed by atoms with E-state index >= 15 is 0 Å². The molecule has 0 saturated heterocycles. The van der Waals surface area contributed by atoms with Crippen molar-refractivity contribution in [3.63, 3.8) is 0 Å². The number of halogens is 1. The summed E-state index contributed by atoms with van der Waals surface area (Å²) < 4.78 is 15.0. The lowest BCUT2D eigenvalue weighted by Gasteiger charge is -2.08. The number of aliphatic hydroxyl groups excluding tert-OH is 1. The first kappa shape index (κ1) is 14.8. The van der Waals surface area contributed by atoms with E-state index in [-0.39, 0.29) is 12.5 Å². The minimum Gasteiger partial charge on any atom is -0.395 e. The number of aryl methyl sites for hydroxylation is 1. The highest BCUT2D eigenvalue weighted by molar-refractivity contribution is 6.03. The number of aliphatic hydroxyl groups is 1. The zero-order valence-corrected chi connectivity index (χ0v) is 11.6. The maximum atomic E-state index is 13.3. The summed E-state index contributed by atoms with van der Waals surface area (Å²) in [5.74, 6) is 4.74. The van der Waals surface area contributed by atoms with Crippen molar-refractivity contribution < 1.29 is 14.3 Å². The van der Waals surface area contributed by atoms with Crippen LogP contribution in [-0.4, -0.2) is 22.2 Å². The Morgan fingerprint density at radius 2 is 2.24 bits per heavy atom. The van der Waals surface area contributed by atoms with Crippen LogP contribution < -0.4 is 5.32 Å². The first-order chi connectivity index (χ1) is 10.1. The molecule has 2 N–H and O–H groups in total. The van der Waals surface area contributed by atoms with Crippen molar-refractivity contribution in [2.75, 3.05) is 11.9 Å². The van der Waals surface area contributed by atoms with Crippen LogP contribution in [0.2, 0.25) is 0 Å². The molecule has 0 aliphatic rings. The number of hydrogen-bond donors (Lipinski definition) is 2. The normalized spacial score (nSPS) is 9.86. The molecule has 0 radical (unpaired) electrons. The van der Waals surface area contributed by atoms with Gasteiger partial charge in [0.2, 0.25) is 0 Å². The highest BCUT2D eigenvalue weighted by Crippen LogP contribution is 2.17. The predicted molar refractivity (Wildman–Crippen MR) is 78.3 cm³/mol. The zero-order valence-electron chi connectivity index (χ0n) is 11.6. The van der Waals surface area contributed by atoms with E-state index in [1.54, 1.807) is 29.9 Å². The van der Waals surface area contributed by atoms with E-state index in [0.717, 1.165) is 0 Å². The van der Waals surface area contributed by atoms with Crippen molar-refractivity contribution in [2.24, 2.45) is 7.05 Å². The van der Waals surface area contributed by atoms with Gasteiger partial charge in [-0.25, -0.2) is 4.39 Å². The van der Waals surface area contributed by atoms with Gasteiger partial charge in [0.05, 0.1) is 17.9 Å². The Kier molecular flexibility index (Phi) is 4.75. The van der Waals surface area contributed by atoms with Gasteiger partial charge in [-0.15, -0.1) is 0 Å². The third kappa shape index (κ3) is 3.71. The second-order valence-electron chi connectivity index (χ2n) is 4.42. The van der Waals surface area contributed by atoms with Gasteiger partial charge in [-0.3, -0.25) is 4.79 Å². The number of nitrogens with zero attached hydrogens (tertiary/aromatic N) is 1. The molecule has 2 rings (SSSR count). The molecule has 0 spiro atoms. The standard InChI is InChI=1S/C16H15FN2O2/c1-19-9-4-6-15(19)16(21)18-14-8-7-13(17)11-12(14)5-2-3-10-20/h4,6-9,11,20H,3,10H2,1H3,(H,18,21). The molecule has 108 valence electrons. The van der Waals surface area contributed by atoms with E-state index in [1.165, 1.54) is 18.2 Å². The van der Waals surface area contributed by atoms with Crippen molar-refractivity contribution >= 4 is 11.6 Å². The minimum atomic E-state index is -0.430. The van der Waals surface area contributed by atoms with Gasteiger partial charge >= 0.3 is 0 Å². The van der Waals surface area contributed by atoms with Crippen LogP contribution >= 0.6 is 0 Å². The monoisotopic (exact) mass is 286 g/mol. The predicted octanol–water partition coefficient (Wildman–Crippen LogP) is 2.15. The average molecular weight is 286 g/mol. The van der Waals surface area contributed by atoms with Crippen LogP contribution in [0.1, 0.15) is 22.5 Å². The number of hydrogen-bond acceptors (Lipinski definition) is 2. The molecule has 1 amide bonds. The van der Waals surface area contributed by atoms with E-state index < -0.39 is 5.82 Å². The second-order valence-corrected chi connectivity index (χ2v) is 4.42.